The third kappa shape index (κ3) is 14.7. The normalized spacial score (nSPS) is 15.3. The molecule has 0 aromatic carbocycles. The Balaban J connectivity index is 3.80. The van der Waals surface area contributed by atoms with Crippen LogP contribution in [-0.2, 0) is 10.1 Å². The van der Waals surface area contributed by atoms with Gasteiger partial charge in [0, 0.05) is 0 Å². The standard InChI is InChI=1S/C19H41NO4S/c1-5-6-7-8-9-10-11-12-13-14-15-18(2)20(3,4)16-19(21)17-25(22,23)24/h18-19,21H,5-17H2,1-4H3. The molecule has 0 saturated carbocycles. The SMILES string of the molecule is CCCCCCCCCCCCC(C)[N+](C)(C)CC(O)CS(=O)(=O)[O-]. The number of nitrogens with zero attached hydrogens (tertiary/aromatic N) is 1. The number of rotatable bonds is 16. The van der Waals surface area contributed by atoms with Crippen LogP contribution in [0.4, 0.5) is 0 Å². The van der Waals surface area contributed by atoms with Gasteiger partial charge in [0.1, 0.15) is 12.6 Å². The summed E-state index contributed by atoms with van der Waals surface area (Å²) in [4.78, 5) is 0. The molecule has 0 aliphatic heterocycles. The van der Waals surface area contributed by atoms with E-state index in [9.17, 15) is 18.1 Å². The predicted molar refractivity (Wildman–Crippen MR) is 103 cm³/mol. The summed E-state index contributed by atoms with van der Waals surface area (Å²) in [5.41, 5.74) is 0. The fourth-order valence-electron chi connectivity index (χ4n) is 3.29. The van der Waals surface area contributed by atoms with E-state index >= 15 is 0 Å². The Bertz CT molecular complexity index is 423. The van der Waals surface area contributed by atoms with Gasteiger partial charge < -0.3 is 14.1 Å². The Morgan fingerprint density at radius 2 is 1.36 bits per heavy atom. The van der Waals surface area contributed by atoms with Crippen molar-refractivity contribution < 1.29 is 22.6 Å². The third-order valence-corrected chi connectivity index (χ3v) is 6.04. The molecule has 0 heterocycles. The molecule has 0 spiro atoms. The summed E-state index contributed by atoms with van der Waals surface area (Å²) >= 11 is 0. The van der Waals surface area contributed by atoms with E-state index in [0.717, 1.165) is 12.8 Å². The summed E-state index contributed by atoms with van der Waals surface area (Å²) in [5, 5.41) is 9.82. The number of hydrogen-bond acceptors (Lipinski definition) is 4. The molecule has 2 atom stereocenters. The van der Waals surface area contributed by atoms with Crippen molar-refractivity contribution in [3.8, 4) is 0 Å². The first kappa shape index (κ1) is 24.8. The van der Waals surface area contributed by atoms with Crippen LogP contribution in [0.2, 0.25) is 0 Å². The van der Waals surface area contributed by atoms with Crippen molar-refractivity contribution in [3.63, 3.8) is 0 Å². The van der Waals surface area contributed by atoms with Crippen molar-refractivity contribution in [2.24, 2.45) is 0 Å². The van der Waals surface area contributed by atoms with Crippen molar-refractivity contribution in [1.29, 1.82) is 0 Å². The van der Waals surface area contributed by atoms with E-state index in [1.807, 2.05) is 14.1 Å². The van der Waals surface area contributed by atoms with Gasteiger partial charge in [0.2, 0.25) is 0 Å². The van der Waals surface area contributed by atoms with Gasteiger partial charge in [-0.25, -0.2) is 8.42 Å². The summed E-state index contributed by atoms with van der Waals surface area (Å²) in [6, 6.07) is 0.332. The van der Waals surface area contributed by atoms with Crippen LogP contribution < -0.4 is 0 Å². The molecule has 152 valence electrons. The Labute approximate surface area is 156 Å². The van der Waals surface area contributed by atoms with Crippen LogP contribution >= 0.6 is 0 Å². The van der Waals surface area contributed by atoms with E-state index in [-0.39, 0.29) is 0 Å². The molecule has 0 aromatic rings. The molecular formula is C19H41NO4S. The molecule has 0 aromatic heterocycles. The molecular weight excluding hydrogens is 338 g/mol. The maximum absolute atomic E-state index is 10.7. The van der Waals surface area contributed by atoms with Gasteiger partial charge in [0.25, 0.3) is 0 Å². The Kier molecular flexibility index (Phi) is 13.0. The van der Waals surface area contributed by atoms with E-state index in [0.29, 0.717) is 17.1 Å². The number of quaternary nitrogens is 1. The molecule has 0 bridgehead atoms. The van der Waals surface area contributed by atoms with Gasteiger partial charge in [-0.3, -0.25) is 0 Å². The second kappa shape index (κ2) is 13.1. The maximum atomic E-state index is 10.7. The molecule has 2 unspecified atom stereocenters. The van der Waals surface area contributed by atoms with Crippen molar-refractivity contribution >= 4 is 10.1 Å². The summed E-state index contributed by atoms with van der Waals surface area (Å²) < 4.78 is 32.8. The van der Waals surface area contributed by atoms with Crippen LogP contribution in [0.1, 0.15) is 84.5 Å². The first-order valence-electron chi connectivity index (χ1n) is 10.0. The van der Waals surface area contributed by atoms with Crippen LogP contribution in [0.3, 0.4) is 0 Å². The summed E-state index contributed by atoms with van der Waals surface area (Å²) in [6.07, 6.45) is 13.1. The van der Waals surface area contributed by atoms with E-state index < -0.39 is 22.0 Å². The van der Waals surface area contributed by atoms with Crippen molar-refractivity contribution in [1.82, 2.24) is 0 Å². The second-order valence-corrected chi connectivity index (χ2v) is 9.61. The fraction of sp³-hybridized carbons (Fsp3) is 1.00. The average molecular weight is 380 g/mol. The van der Waals surface area contributed by atoms with Crippen molar-refractivity contribution in [2.75, 3.05) is 26.4 Å². The van der Waals surface area contributed by atoms with Crippen LogP contribution in [0.5, 0.6) is 0 Å². The van der Waals surface area contributed by atoms with Crippen LogP contribution in [0.25, 0.3) is 0 Å². The van der Waals surface area contributed by atoms with Gasteiger partial charge in [0.15, 0.2) is 0 Å². The number of aliphatic hydroxyl groups excluding tert-OH is 1. The molecule has 0 fully saturated rings. The van der Waals surface area contributed by atoms with Gasteiger partial charge in [-0.05, 0) is 19.8 Å². The highest BCUT2D eigenvalue weighted by molar-refractivity contribution is 7.85. The summed E-state index contributed by atoms with van der Waals surface area (Å²) in [5.74, 6) is -0.695. The predicted octanol–water partition coefficient (Wildman–Crippen LogP) is 3.67. The Morgan fingerprint density at radius 3 is 1.80 bits per heavy atom. The topological polar surface area (TPSA) is 77.4 Å². The smallest absolute Gasteiger partial charge is 0.116 e. The molecule has 0 saturated heterocycles. The zero-order valence-electron chi connectivity index (χ0n) is 16.9. The highest BCUT2D eigenvalue weighted by Gasteiger charge is 2.27. The zero-order valence-corrected chi connectivity index (χ0v) is 17.7. The van der Waals surface area contributed by atoms with Gasteiger partial charge in [-0.1, -0.05) is 64.7 Å². The molecule has 6 heteroatoms. The molecule has 1 N–H and O–H groups in total. The minimum Gasteiger partial charge on any atom is -0.748 e. The highest BCUT2D eigenvalue weighted by atomic mass is 32.2. The summed E-state index contributed by atoms with van der Waals surface area (Å²) in [6.45, 7) is 4.67. The number of likely N-dealkylation sites (N-methyl/N-ethyl adjacent to an activating group) is 1. The van der Waals surface area contributed by atoms with Crippen molar-refractivity contribution in [3.05, 3.63) is 0 Å². The average Bonchev–Trinajstić information content (AvgIpc) is 2.46. The third-order valence-electron chi connectivity index (χ3n) is 5.25. The molecule has 0 rings (SSSR count). The van der Waals surface area contributed by atoms with Gasteiger partial charge >= 0.3 is 0 Å². The number of hydrogen-bond donors (Lipinski definition) is 1. The fourth-order valence-corrected chi connectivity index (χ4v) is 3.86. The zero-order chi connectivity index (χ0) is 19.3. The first-order chi connectivity index (χ1) is 11.6. The Hall–Kier alpha value is -0.170. The quantitative estimate of drug-likeness (QED) is 0.252. The van der Waals surface area contributed by atoms with E-state index in [2.05, 4.69) is 13.8 Å². The Morgan fingerprint density at radius 1 is 0.920 bits per heavy atom. The van der Waals surface area contributed by atoms with E-state index in [4.69, 9.17) is 0 Å². The molecule has 5 nitrogen and oxygen atoms in total. The van der Waals surface area contributed by atoms with Crippen LogP contribution in [0.15, 0.2) is 0 Å². The lowest BCUT2D eigenvalue weighted by atomic mass is 10.0. The molecule has 0 aliphatic carbocycles. The number of aliphatic hydroxyl groups is 1. The second-order valence-electron chi connectivity index (χ2n) is 8.16. The van der Waals surface area contributed by atoms with Gasteiger partial charge in [-0.2, -0.15) is 0 Å². The molecule has 0 amide bonds. The summed E-state index contributed by atoms with van der Waals surface area (Å²) in [7, 11) is -0.394. The number of unbranched alkanes of at least 4 members (excludes halogenated alkanes) is 9. The molecule has 0 radical (unpaired) electrons. The largest absolute Gasteiger partial charge is 0.748 e. The van der Waals surface area contributed by atoms with Crippen molar-refractivity contribution in [2.45, 2.75) is 96.6 Å². The minimum absolute atomic E-state index is 0.292. The lowest BCUT2D eigenvalue weighted by Gasteiger charge is -2.38. The van der Waals surface area contributed by atoms with Gasteiger partial charge in [-0.15, -0.1) is 0 Å². The minimum atomic E-state index is -4.37. The van der Waals surface area contributed by atoms with Crippen LogP contribution in [0, 0.1) is 0 Å². The lowest BCUT2D eigenvalue weighted by molar-refractivity contribution is -0.916. The van der Waals surface area contributed by atoms with E-state index in [1.54, 1.807) is 0 Å². The van der Waals surface area contributed by atoms with E-state index in [1.165, 1.54) is 57.8 Å². The maximum Gasteiger partial charge on any atom is 0.116 e. The lowest BCUT2D eigenvalue weighted by Crippen LogP contribution is -2.52. The highest BCUT2D eigenvalue weighted by Crippen LogP contribution is 2.17. The molecule has 0 aliphatic rings. The first-order valence-corrected chi connectivity index (χ1v) is 11.6. The monoisotopic (exact) mass is 379 g/mol. The van der Waals surface area contributed by atoms with Gasteiger partial charge in [0.05, 0.1) is 36.0 Å². The molecule has 25 heavy (non-hydrogen) atoms. The van der Waals surface area contributed by atoms with Crippen LogP contribution in [-0.4, -0.2) is 61.1 Å².